The number of pyridine rings is 1. The summed E-state index contributed by atoms with van der Waals surface area (Å²) in [5.41, 5.74) is 9.99. The van der Waals surface area contributed by atoms with Gasteiger partial charge in [-0.25, -0.2) is 19.3 Å². The average Bonchev–Trinajstić information content (AvgIpc) is 3.20. The van der Waals surface area contributed by atoms with Gasteiger partial charge in [0.2, 0.25) is 5.88 Å². The minimum absolute atomic E-state index is 0.129. The molecule has 9 nitrogen and oxygen atoms in total. The molecule has 38 heavy (non-hydrogen) atoms. The van der Waals surface area contributed by atoms with E-state index in [2.05, 4.69) is 4.98 Å². The highest BCUT2D eigenvalue weighted by Gasteiger charge is 2.31. The molecule has 3 atom stereocenters. The first-order chi connectivity index (χ1) is 18.1. The number of nitrogens with zero attached hydrogens (tertiary/aromatic N) is 3. The van der Waals surface area contributed by atoms with Crippen LogP contribution in [0.1, 0.15) is 54.2 Å². The van der Waals surface area contributed by atoms with Crippen molar-refractivity contribution in [2.75, 3.05) is 23.8 Å². The third kappa shape index (κ3) is 5.81. The molecule has 0 spiro atoms. The molecule has 0 bridgehead atoms. The van der Waals surface area contributed by atoms with E-state index in [0.717, 1.165) is 28.0 Å². The van der Waals surface area contributed by atoms with Gasteiger partial charge in [-0.3, -0.25) is 4.79 Å². The first-order valence-electron chi connectivity index (χ1n) is 12.3. The molecule has 3 heterocycles. The Labute approximate surface area is 233 Å². The number of fused-ring (bicyclic) bond motifs is 1. The minimum Gasteiger partial charge on any atom is -0.481 e. The molecule has 0 radical (unpaired) electrons. The van der Waals surface area contributed by atoms with Crippen LogP contribution in [0.3, 0.4) is 0 Å². The lowest BCUT2D eigenvalue weighted by atomic mass is 9.89. The van der Waals surface area contributed by atoms with E-state index in [-0.39, 0.29) is 12.5 Å². The Kier molecular flexibility index (Phi) is 8.94. The van der Waals surface area contributed by atoms with Crippen LogP contribution in [0, 0.1) is 6.92 Å². The van der Waals surface area contributed by atoms with Gasteiger partial charge in [-0.05, 0) is 61.2 Å². The Morgan fingerprint density at radius 1 is 1.39 bits per heavy atom. The number of carbonyl (C=O) groups is 1. The molecular formula is C26H32ClN5O4S2. The maximum Gasteiger partial charge on any atom is 0.304 e. The highest BCUT2D eigenvalue weighted by atomic mass is 35.5. The fourth-order valence-electron chi connectivity index (χ4n) is 4.53. The zero-order chi connectivity index (χ0) is 27.6. The summed E-state index contributed by atoms with van der Waals surface area (Å²) < 4.78 is 21.8. The second kappa shape index (κ2) is 12.0. The van der Waals surface area contributed by atoms with Gasteiger partial charge in [-0.2, -0.15) is 0 Å². The number of ether oxygens (including phenoxy) is 1. The number of aliphatic carboxylic acids is 1. The van der Waals surface area contributed by atoms with Crippen molar-refractivity contribution in [1.29, 1.82) is 0 Å². The number of carboxylic acids is 1. The van der Waals surface area contributed by atoms with Crippen LogP contribution in [0.4, 0.5) is 11.4 Å². The van der Waals surface area contributed by atoms with Gasteiger partial charge < -0.3 is 20.6 Å². The lowest BCUT2D eigenvalue weighted by Crippen LogP contribution is -2.33. The fourth-order valence-corrected chi connectivity index (χ4v) is 7.20. The van der Waals surface area contributed by atoms with Gasteiger partial charge in [0.15, 0.2) is 0 Å². The number of anilines is 2. The SMILES string of the molecule is CC[C@@H]1CN(Cc2cc(C(CC(=O)O)c3ccc(N(N)CC)c(N)c3C)sc2Cl)S(=O)c2cccnc2O1. The second-order valence-electron chi connectivity index (χ2n) is 9.12. The first-order valence-corrected chi connectivity index (χ1v) is 14.6. The lowest BCUT2D eigenvalue weighted by Gasteiger charge is -2.24. The number of nitrogen functional groups attached to an aromatic ring is 1. The summed E-state index contributed by atoms with van der Waals surface area (Å²) in [5.74, 6) is 5.06. The number of benzene rings is 1. The molecule has 0 aliphatic carbocycles. The van der Waals surface area contributed by atoms with Gasteiger partial charge in [-0.15, -0.1) is 11.3 Å². The van der Waals surface area contributed by atoms with Crippen molar-refractivity contribution in [3.63, 3.8) is 0 Å². The van der Waals surface area contributed by atoms with Crippen molar-refractivity contribution in [1.82, 2.24) is 9.29 Å². The summed E-state index contributed by atoms with van der Waals surface area (Å²) in [6, 6.07) is 9.11. The number of carboxylic acid groups (broad SMARTS) is 1. The molecule has 0 saturated heterocycles. The smallest absolute Gasteiger partial charge is 0.304 e. The van der Waals surface area contributed by atoms with Crippen LogP contribution in [0.15, 0.2) is 41.4 Å². The normalized spacial score (nSPS) is 18.3. The monoisotopic (exact) mass is 577 g/mol. The number of hydrazine groups is 1. The molecule has 1 aromatic carbocycles. The van der Waals surface area contributed by atoms with E-state index in [1.54, 1.807) is 23.3 Å². The molecule has 0 amide bonds. The van der Waals surface area contributed by atoms with Gasteiger partial charge in [0.05, 0.1) is 22.1 Å². The van der Waals surface area contributed by atoms with Crippen molar-refractivity contribution in [2.45, 2.75) is 57.1 Å². The standard InChI is InChI=1S/C26H32ClN5O4S2/c1-4-17-14-31(38(35)22-7-6-10-30-26(22)36-17)13-16-11-21(37-25(16)27)19(12-23(33)34)18-8-9-20(32(29)5-2)24(28)15(18)3/h6-11,17,19H,4-5,12-14,28-29H2,1-3H3,(H,33,34)/t17-,19?,38?/m1/s1. The first kappa shape index (κ1) is 28.3. The number of thiophene rings is 1. The number of aromatic nitrogens is 1. The van der Waals surface area contributed by atoms with Crippen molar-refractivity contribution >= 4 is 51.3 Å². The molecule has 3 aromatic rings. The Balaban J connectivity index is 1.68. The molecule has 2 unspecified atom stereocenters. The van der Waals surface area contributed by atoms with Crippen molar-refractivity contribution in [2.24, 2.45) is 5.84 Å². The Morgan fingerprint density at radius 2 is 2.16 bits per heavy atom. The third-order valence-corrected chi connectivity index (χ3v) is 9.69. The molecule has 5 N–H and O–H groups in total. The lowest BCUT2D eigenvalue weighted by molar-refractivity contribution is -0.137. The second-order valence-corrected chi connectivity index (χ2v) is 12.3. The predicted molar refractivity (Wildman–Crippen MR) is 152 cm³/mol. The van der Waals surface area contributed by atoms with E-state index in [1.807, 2.05) is 43.3 Å². The summed E-state index contributed by atoms with van der Waals surface area (Å²) in [5, 5.41) is 11.3. The molecule has 12 heteroatoms. The van der Waals surface area contributed by atoms with Gasteiger partial charge in [0.25, 0.3) is 0 Å². The number of hydrogen-bond donors (Lipinski definition) is 3. The van der Waals surface area contributed by atoms with Crippen LogP contribution in [-0.4, -0.2) is 43.8 Å². The maximum absolute atomic E-state index is 13.5. The largest absolute Gasteiger partial charge is 0.481 e. The number of halogens is 1. The summed E-state index contributed by atoms with van der Waals surface area (Å²) in [6.07, 6.45) is 2.04. The van der Waals surface area contributed by atoms with E-state index >= 15 is 0 Å². The van der Waals surface area contributed by atoms with E-state index in [4.69, 9.17) is 27.9 Å². The van der Waals surface area contributed by atoms with Crippen LogP contribution in [0.25, 0.3) is 0 Å². The topological polar surface area (TPSA) is 135 Å². The van der Waals surface area contributed by atoms with Gasteiger partial charge >= 0.3 is 5.97 Å². The van der Waals surface area contributed by atoms with E-state index < -0.39 is 22.9 Å². The molecule has 0 saturated carbocycles. The molecular weight excluding hydrogens is 546 g/mol. The van der Waals surface area contributed by atoms with E-state index in [9.17, 15) is 14.1 Å². The van der Waals surface area contributed by atoms with E-state index in [0.29, 0.717) is 46.1 Å². The minimum atomic E-state index is -1.50. The molecule has 1 aliphatic heterocycles. The highest BCUT2D eigenvalue weighted by Crippen LogP contribution is 2.42. The number of nitrogens with two attached hydrogens (primary N) is 2. The molecule has 0 fully saturated rings. The average molecular weight is 578 g/mol. The maximum atomic E-state index is 13.5. The van der Waals surface area contributed by atoms with Crippen LogP contribution in [0.2, 0.25) is 4.34 Å². The van der Waals surface area contributed by atoms with Crippen molar-refractivity contribution in [3.8, 4) is 5.88 Å². The van der Waals surface area contributed by atoms with Gasteiger partial charge in [0.1, 0.15) is 22.0 Å². The van der Waals surface area contributed by atoms with Crippen LogP contribution < -0.4 is 21.3 Å². The fraction of sp³-hybridized carbons (Fsp3) is 0.385. The molecule has 4 rings (SSSR count). The zero-order valence-electron chi connectivity index (χ0n) is 21.5. The summed E-state index contributed by atoms with van der Waals surface area (Å²) in [4.78, 5) is 17.5. The molecule has 1 aliphatic rings. The Morgan fingerprint density at radius 3 is 2.84 bits per heavy atom. The number of hydrogen-bond acceptors (Lipinski definition) is 8. The quantitative estimate of drug-likeness (QED) is 0.189. The molecule has 204 valence electrons. The van der Waals surface area contributed by atoms with Crippen molar-refractivity contribution < 1.29 is 18.8 Å². The predicted octanol–water partition coefficient (Wildman–Crippen LogP) is 4.69. The third-order valence-electron chi connectivity index (χ3n) is 6.70. The van der Waals surface area contributed by atoms with Gasteiger partial charge in [-0.1, -0.05) is 24.6 Å². The molecule has 2 aromatic heterocycles. The summed E-state index contributed by atoms with van der Waals surface area (Å²) >= 11 is 8.03. The van der Waals surface area contributed by atoms with Crippen LogP contribution >= 0.6 is 22.9 Å². The zero-order valence-corrected chi connectivity index (χ0v) is 23.9. The van der Waals surface area contributed by atoms with Crippen LogP contribution in [-0.2, 0) is 22.3 Å². The van der Waals surface area contributed by atoms with E-state index in [1.165, 1.54) is 11.3 Å². The van der Waals surface area contributed by atoms with Crippen LogP contribution in [0.5, 0.6) is 5.88 Å². The number of rotatable bonds is 9. The summed E-state index contributed by atoms with van der Waals surface area (Å²) in [6.45, 7) is 7.13. The van der Waals surface area contributed by atoms with Crippen molar-refractivity contribution in [3.05, 3.63) is 62.4 Å². The Hall–Kier alpha value is -2.70. The van der Waals surface area contributed by atoms with Gasteiger partial charge in [0, 0.05) is 36.6 Å². The Bertz CT molecular complexity index is 1350. The highest BCUT2D eigenvalue weighted by molar-refractivity contribution is 7.82. The summed E-state index contributed by atoms with van der Waals surface area (Å²) in [7, 11) is -1.50.